The van der Waals surface area contributed by atoms with Crippen LogP contribution in [0.25, 0.3) is 18.2 Å². The van der Waals surface area contributed by atoms with Crippen LogP contribution >= 0.6 is 0 Å². The summed E-state index contributed by atoms with van der Waals surface area (Å²) in [5, 5.41) is 60.1. The highest BCUT2D eigenvalue weighted by molar-refractivity contribution is 5.93. The monoisotopic (exact) mass is 929 g/mol. The second kappa shape index (κ2) is 22.9. The molecule has 364 valence electrons. The maximum atomic E-state index is 13.2. The van der Waals surface area contributed by atoms with E-state index in [2.05, 4.69) is 46.3 Å². The first-order valence-corrected chi connectivity index (χ1v) is 22.2. The molecule has 8 N–H and O–H groups in total. The van der Waals surface area contributed by atoms with Gasteiger partial charge in [0.15, 0.2) is 40.6 Å². The molecule has 0 saturated carbocycles. The molecule has 2 aliphatic rings. The Morgan fingerprint density at radius 3 is 2.03 bits per heavy atom. The van der Waals surface area contributed by atoms with Crippen molar-refractivity contribution in [2.75, 3.05) is 40.0 Å². The maximum Gasteiger partial charge on any atom is 0.264 e. The Morgan fingerprint density at radius 1 is 0.851 bits per heavy atom. The third-order valence-electron chi connectivity index (χ3n) is 12.3. The summed E-state index contributed by atoms with van der Waals surface area (Å²) in [4.78, 5) is 38.7. The molecule has 2 heterocycles. The van der Waals surface area contributed by atoms with Gasteiger partial charge in [-0.25, -0.2) is 5.43 Å². The van der Waals surface area contributed by atoms with Crippen molar-refractivity contribution in [2.24, 2.45) is 22.4 Å². The zero-order valence-electron chi connectivity index (χ0n) is 40.3. The van der Waals surface area contributed by atoms with Crippen LogP contribution in [0.3, 0.4) is 0 Å². The predicted molar refractivity (Wildman–Crippen MR) is 259 cm³/mol. The fraction of sp³-hybridized carbons (Fsp3) is 0.451. The number of amides is 3. The average Bonchev–Trinajstić information content (AvgIpc) is 3.26. The molecule has 0 saturated heterocycles. The smallest absolute Gasteiger partial charge is 0.264 e. The quantitative estimate of drug-likeness (QED) is 0.0525. The van der Waals surface area contributed by atoms with E-state index in [1.165, 1.54) is 66.9 Å². The van der Waals surface area contributed by atoms with Gasteiger partial charge in [0.05, 0.1) is 38.0 Å². The molecule has 0 fully saturated rings. The van der Waals surface area contributed by atoms with E-state index in [9.17, 15) is 39.9 Å². The van der Waals surface area contributed by atoms with Crippen LogP contribution in [0.15, 0.2) is 77.9 Å². The standard InChI is InChI=1S/C51H68N4O12/c1-33-29-65-50(7,8)44(67(10)30-34(2)48(3,4)31-52-45(61)20-14-35-11-17-38(56)40(58)25-35)28-49(5,6)64-24-23-54-55-47(63)22-16-37-13-19-43(42(60)27-37)66-51(33,9)32-53-46(62)21-15-36-12-18-39(57)41(59)26-36/h11-23,25-27,33-34,44H,24,28-32H2,1-10H3,(H7-,52,53,55,56,57,58,59,60,61,62,63)/p+1/b22-16-,54-23+. The number of carbonyl (C=O) groups is 3. The molecule has 16 nitrogen and oxygen atoms in total. The van der Waals surface area contributed by atoms with Gasteiger partial charge in [-0.3, -0.25) is 14.4 Å². The molecule has 16 heteroatoms. The molecule has 0 radical (unpaired) electrons. The van der Waals surface area contributed by atoms with Gasteiger partial charge in [-0.1, -0.05) is 45.9 Å². The van der Waals surface area contributed by atoms with Crippen molar-refractivity contribution in [1.29, 1.82) is 0 Å². The number of aromatic hydroxyl groups is 5. The fourth-order valence-electron chi connectivity index (χ4n) is 7.13. The zero-order chi connectivity index (χ0) is 49.7. The molecule has 2 bridgehead atoms. The number of hydrogen-bond acceptors (Lipinski definition) is 12. The summed E-state index contributed by atoms with van der Waals surface area (Å²) in [5.41, 5.74) is 0.891. The van der Waals surface area contributed by atoms with E-state index in [1.807, 2.05) is 48.7 Å². The Hall–Kier alpha value is -6.36. The topological polar surface area (TPSA) is 231 Å². The van der Waals surface area contributed by atoms with Crippen molar-refractivity contribution >= 4 is 42.2 Å². The number of hydrogen-bond donors (Lipinski definition) is 8. The lowest BCUT2D eigenvalue weighted by atomic mass is 9.80. The van der Waals surface area contributed by atoms with Gasteiger partial charge >= 0.3 is 0 Å². The number of fused-ring (bicyclic) bond motifs is 16. The molecule has 0 aromatic heterocycles. The Labute approximate surface area is 393 Å². The number of ether oxygens (including phenoxy) is 3. The van der Waals surface area contributed by atoms with E-state index in [1.54, 1.807) is 30.3 Å². The maximum absolute atomic E-state index is 13.2. The molecule has 0 spiro atoms. The SMILES string of the molecule is CC(C[O+](C)C1CC(C)(C)OC/C=N/NC(=O)/C=C\c2ccc(c(O)c2)OC(C)(CNC(=O)/C=C/c2ccc(O)c(O)c2)C(C)COC1(C)C)C(C)(C)CNC(=O)/C=C\c1ccc(O)c(O)c1. The van der Waals surface area contributed by atoms with Crippen LogP contribution in [0.5, 0.6) is 34.5 Å². The van der Waals surface area contributed by atoms with E-state index < -0.39 is 34.5 Å². The number of hydrazone groups is 1. The van der Waals surface area contributed by atoms with Gasteiger partial charge < -0.3 is 54.7 Å². The summed E-state index contributed by atoms with van der Waals surface area (Å²) in [6, 6.07) is 13.2. The number of benzene rings is 3. The summed E-state index contributed by atoms with van der Waals surface area (Å²) >= 11 is 0. The van der Waals surface area contributed by atoms with Gasteiger partial charge in [-0.2, -0.15) is 5.10 Å². The highest BCUT2D eigenvalue weighted by Gasteiger charge is 2.46. The van der Waals surface area contributed by atoms with Crippen molar-refractivity contribution < 1.29 is 58.5 Å². The minimum atomic E-state index is -1.16. The van der Waals surface area contributed by atoms with Crippen LogP contribution in [-0.4, -0.2) is 112 Å². The highest BCUT2D eigenvalue weighted by atomic mass is 16.7. The predicted octanol–water partition coefficient (Wildman–Crippen LogP) is 6.97. The lowest BCUT2D eigenvalue weighted by molar-refractivity contribution is -0.262. The largest absolute Gasteiger partial charge is 0.504 e. The Bertz CT molecular complexity index is 2320. The van der Waals surface area contributed by atoms with Crippen LogP contribution in [0.4, 0.5) is 0 Å². The van der Waals surface area contributed by atoms with Crippen LogP contribution < -0.4 is 20.8 Å². The summed E-state index contributed by atoms with van der Waals surface area (Å²) < 4.78 is 23.1. The Kier molecular flexibility index (Phi) is 18.2. The van der Waals surface area contributed by atoms with E-state index in [-0.39, 0.29) is 77.6 Å². The third kappa shape index (κ3) is 16.2. The van der Waals surface area contributed by atoms with Gasteiger partial charge in [-0.15, -0.1) is 0 Å². The second-order valence-corrected chi connectivity index (χ2v) is 19.2. The molecule has 67 heavy (non-hydrogen) atoms. The van der Waals surface area contributed by atoms with Crippen LogP contribution in [0.2, 0.25) is 0 Å². The van der Waals surface area contributed by atoms with E-state index >= 15 is 0 Å². The minimum absolute atomic E-state index is 0.0124. The molecule has 5 rings (SSSR count). The van der Waals surface area contributed by atoms with Gasteiger partial charge in [0, 0.05) is 36.6 Å². The molecule has 3 amide bonds. The lowest BCUT2D eigenvalue weighted by Crippen LogP contribution is -2.54. The van der Waals surface area contributed by atoms with Crippen LogP contribution in [0, 0.1) is 17.3 Å². The lowest BCUT2D eigenvalue weighted by Gasteiger charge is -2.43. The van der Waals surface area contributed by atoms with Gasteiger partial charge in [0.2, 0.25) is 11.8 Å². The van der Waals surface area contributed by atoms with Crippen molar-refractivity contribution in [3.05, 3.63) is 89.5 Å². The van der Waals surface area contributed by atoms with E-state index in [0.29, 0.717) is 36.3 Å². The summed E-state index contributed by atoms with van der Waals surface area (Å²) in [7, 11) is 1.95. The molecule has 4 unspecified atom stereocenters. The molecule has 4 atom stereocenters. The average molecular weight is 930 g/mol. The molecule has 2 aliphatic heterocycles. The summed E-state index contributed by atoms with van der Waals surface area (Å²) in [5.74, 6) is -2.82. The van der Waals surface area contributed by atoms with Gasteiger partial charge in [-0.05, 0) is 111 Å². The van der Waals surface area contributed by atoms with Crippen LogP contribution in [0.1, 0.15) is 85.4 Å². The molecular formula is C51H69N4O12+. The van der Waals surface area contributed by atoms with Crippen molar-refractivity contribution in [1.82, 2.24) is 16.1 Å². The van der Waals surface area contributed by atoms with E-state index in [4.69, 9.17) is 14.2 Å². The number of nitrogens with one attached hydrogen (secondary N) is 3. The molecule has 0 aliphatic carbocycles. The van der Waals surface area contributed by atoms with E-state index in [0.717, 1.165) is 0 Å². The van der Waals surface area contributed by atoms with Gasteiger partial charge in [0.1, 0.15) is 24.9 Å². The minimum Gasteiger partial charge on any atom is -0.504 e. The van der Waals surface area contributed by atoms with Crippen LogP contribution in [-0.2, 0) is 28.2 Å². The van der Waals surface area contributed by atoms with Crippen molar-refractivity contribution in [3.8, 4) is 34.5 Å². The first-order chi connectivity index (χ1) is 31.3. The third-order valence-corrected chi connectivity index (χ3v) is 12.3. The highest BCUT2D eigenvalue weighted by Crippen LogP contribution is 2.38. The summed E-state index contributed by atoms with van der Waals surface area (Å²) in [6.07, 6.45) is 10.1. The number of rotatable bonds is 12. The molecule has 3 aromatic rings. The second-order valence-electron chi connectivity index (χ2n) is 19.2. The normalized spacial score (nSPS) is 22.0. The first kappa shape index (κ1) is 53.3. The number of phenols is 5. The van der Waals surface area contributed by atoms with Crippen molar-refractivity contribution in [2.45, 2.75) is 91.6 Å². The zero-order valence-corrected chi connectivity index (χ0v) is 40.3. The fourth-order valence-corrected chi connectivity index (χ4v) is 7.13. The number of nitrogens with zero attached hydrogens (tertiary/aromatic N) is 1. The molecule has 3 aromatic carbocycles. The molecular weight excluding hydrogens is 861 g/mol. The Morgan fingerprint density at radius 2 is 1.45 bits per heavy atom. The first-order valence-electron chi connectivity index (χ1n) is 22.2. The summed E-state index contributed by atoms with van der Waals surface area (Å²) in [6.45, 7) is 19.1. The Balaban J connectivity index is 1.59. The van der Waals surface area contributed by atoms with Gasteiger partial charge in [0.25, 0.3) is 5.91 Å². The van der Waals surface area contributed by atoms with Crippen molar-refractivity contribution in [3.63, 3.8) is 0 Å². The number of carbonyl (C=O) groups excluding carboxylic acids is 3. The number of phenolic OH excluding ortho intramolecular Hbond substituents is 5.